The van der Waals surface area contributed by atoms with Gasteiger partial charge in [0.15, 0.2) is 0 Å². The maximum Gasteiger partial charge on any atom is 0.227 e. The molecule has 5 nitrogen and oxygen atoms in total. The molecule has 2 aliphatic rings. The minimum atomic E-state index is -3.52. The van der Waals surface area contributed by atoms with E-state index in [4.69, 9.17) is 23.2 Å². The van der Waals surface area contributed by atoms with Crippen LogP contribution in [0.2, 0.25) is 10.0 Å². The fourth-order valence-electron chi connectivity index (χ4n) is 4.26. The highest BCUT2D eigenvalue weighted by atomic mass is 35.5. The summed E-state index contributed by atoms with van der Waals surface area (Å²) in [7, 11) is -1.65. The second-order valence-corrected chi connectivity index (χ2v) is 10.7. The summed E-state index contributed by atoms with van der Waals surface area (Å²) in [5, 5.41) is 0.743. The molecule has 2 fully saturated rings. The number of carbonyl (C=O) groups excluding carboxylic acids is 1. The molecule has 1 unspecified atom stereocenters. The van der Waals surface area contributed by atoms with Gasteiger partial charge in [-0.25, -0.2) is 12.7 Å². The molecule has 1 saturated carbocycles. The van der Waals surface area contributed by atoms with Crippen molar-refractivity contribution < 1.29 is 13.2 Å². The number of hydrogen-bond donors (Lipinski definition) is 0. The Bertz CT molecular complexity index is 810. The van der Waals surface area contributed by atoms with Gasteiger partial charge in [-0.2, -0.15) is 0 Å². The number of rotatable bonds is 5. The molecule has 1 amide bonds. The highest BCUT2D eigenvalue weighted by molar-refractivity contribution is 7.88. The second-order valence-electron chi connectivity index (χ2n) is 7.94. The van der Waals surface area contributed by atoms with Gasteiger partial charge >= 0.3 is 0 Å². The molecule has 0 radical (unpaired) electrons. The molecule has 1 aromatic carbocycles. The van der Waals surface area contributed by atoms with Gasteiger partial charge in [-0.15, -0.1) is 0 Å². The maximum absolute atomic E-state index is 13.0. The Hall–Kier alpha value is -0.820. The van der Waals surface area contributed by atoms with Crippen LogP contribution in [0.4, 0.5) is 0 Å². The van der Waals surface area contributed by atoms with Gasteiger partial charge in [0.1, 0.15) is 0 Å². The minimum absolute atomic E-state index is 0.0846. The number of carbonyl (C=O) groups is 1. The van der Waals surface area contributed by atoms with Crippen LogP contribution in [-0.4, -0.2) is 49.7 Å². The zero-order chi connectivity index (χ0) is 20.3. The molecule has 1 heterocycles. The molecule has 1 aromatic rings. The highest BCUT2D eigenvalue weighted by Crippen LogP contribution is 2.28. The first-order valence-electron chi connectivity index (χ1n) is 9.96. The van der Waals surface area contributed by atoms with Crippen molar-refractivity contribution in [3.05, 3.63) is 33.8 Å². The number of benzene rings is 1. The van der Waals surface area contributed by atoms with Crippen molar-refractivity contribution in [2.45, 2.75) is 56.7 Å². The summed E-state index contributed by atoms with van der Waals surface area (Å²) >= 11 is 11.9. The number of halogens is 2. The van der Waals surface area contributed by atoms with Crippen molar-refractivity contribution in [1.29, 1.82) is 0 Å². The number of hydrogen-bond acceptors (Lipinski definition) is 3. The predicted molar refractivity (Wildman–Crippen MR) is 113 cm³/mol. The molecule has 1 aliphatic carbocycles. The second kappa shape index (κ2) is 9.33. The fraction of sp³-hybridized carbons (Fsp3) is 0.650. The van der Waals surface area contributed by atoms with Crippen molar-refractivity contribution in [2.75, 3.05) is 20.1 Å². The smallest absolute Gasteiger partial charge is 0.227 e. The molecule has 156 valence electrons. The largest absolute Gasteiger partial charge is 0.342 e. The lowest BCUT2D eigenvalue weighted by Crippen LogP contribution is -2.48. The van der Waals surface area contributed by atoms with Crippen LogP contribution < -0.4 is 0 Å². The first-order chi connectivity index (χ1) is 13.3. The fourth-order valence-corrected chi connectivity index (χ4v) is 6.18. The lowest BCUT2D eigenvalue weighted by Gasteiger charge is -2.37. The molecule has 3 rings (SSSR count). The van der Waals surface area contributed by atoms with Crippen LogP contribution in [0.25, 0.3) is 0 Å². The monoisotopic (exact) mass is 446 g/mol. The summed E-state index contributed by atoms with van der Waals surface area (Å²) < 4.78 is 27.3. The normalized spacial score (nSPS) is 22.2. The van der Waals surface area contributed by atoms with Gasteiger partial charge in [0, 0.05) is 26.2 Å². The van der Waals surface area contributed by atoms with Gasteiger partial charge in [-0.05, 0) is 43.4 Å². The topological polar surface area (TPSA) is 57.7 Å². The Labute approximate surface area is 178 Å². The maximum atomic E-state index is 13.0. The molecule has 1 saturated heterocycles. The van der Waals surface area contributed by atoms with E-state index in [9.17, 15) is 13.2 Å². The van der Waals surface area contributed by atoms with Crippen molar-refractivity contribution in [3.63, 3.8) is 0 Å². The molecule has 0 bridgehead atoms. The Morgan fingerprint density at radius 1 is 1.11 bits per heavy atom. The van der Waals surface area contributed by atoms with E-state index in [0.29, 0.717) is 34.6 Å². The number of sulfonamides is 1. The SMILES string of the molecule is CN(C(=O)C1CCCN(S(=O)(=O)Cc2ccc(Cl)c(Cl)c2)C1)C1CCCCC1. The van der Waals surface area contributed by atoms with Crippen molar-refractivity contribution in [2.24, 2.45) is 5.92 Å². The van der Waals surface area contributed by atoms with E-state index in [1.54, 1.807) is 18.2 Å². The zero-order valence-electron chi connectivity index (χ0n) is 16.2. The van der Waals surface area contributed by atoms with Crippen LogP contribution in [-0.2, 0) is 20.6 Å². The third kappa shape index (κ3) is 5.21. The standard InChI is InChI=1S/C20H28Cl2N2O3S/c1-23(17-7-3-2-4-8-17)20(25)16-6-5-11-24(13-16)28(26,27)14-15-9-10-18(21)19(22)12-15/h9-10,12,16-17H,2-8,11,13-14H2,1H3. The van der Waals surface area contributed by atoms with E-state index in [1.807, 2.05) is 11.9 Å². The summed E-state index contributed by atoms with van der Waals surface area (Å²) in [5.74, 6) is -0.311. The van der Waals surface area contributed by atoms with E-state index in [-0.39, 0.29) is 24.1 Å². The first kappa shape index (κ1) is 21.9. The molecule has 0 N–H and O–H groups in total. The van der Waals surface area contributed by atoms with Crippen molar-refractivity contribution in [1.82, 2.24) is 9.21 Å². The van der Waals surface area contributed by atoms with Crippen LogP contribution >= 0.6 is 23.2 Å². The van der Waals surface area contributed by atoms with Crippen molar-refractivity contribution in [3.8, 4) is 0 Å². The van der Waals surface area contributed by atoms with E-state index in [2.05, 4.69) is 0 Å². The number of amides is 1. The molecule has 0 aromatic heterocycles. The molecular formula is C20H28Cl2N2O3S. The van der Waals surface area contributed by atoms with Gasteiger partial charge in [0.05, 0.1) is 21.7 Å². The Balaban J connectivity index is 1.65. The predicted octanol–water partition coefficient (Wildman–Crippen LogP) is 4.33. The van der Waals surface area contributed by atoms with Crippen LogP contribution in [0.1, 0.15) is 50.5 Å². The number of piperidine rings is 1. The summed E-state index contributed by atoms with van der Waals surface area (Å²) in [6, 6.07) is 5.17. The average Bonchev–Trinajstić information content (AvgIpc) is 2.70. The van der Waals surface area contributed by atoms with Crippen molar-refractivity contribution >= 4 is 39.1 Å². The third-order valence-electron chi connectivity index (χ3n) is 5.93. The molecule has 0 spiro atoms. The molecular weight excluding hydrogens is 419 g/mol. The van der Waals surface area contributed by atoms with Gasteiger partial charge < -0.3 is 4.90 Å². The van der Waals surface area contributed by atoms with E-state index in [1.165, 1.54) is 10.7 Å². The summed E-state index contributed by atoms with van der Waals surface area (Å²) in [4.78, 5) is 14.9. The molecule has 1 aliphatic heterocycles. The minimum Gasteiger partial charge on any atom is -0.342 e. The highest BCUT2D eigenvalue weighted by Gasteiger charge is 2.35. The summed E-state index contributed by atoms with van der Waals surface area (Å²) in [6.07, 6.45) is 7.11. The van der Waals surface area contributed by atoms with Gasteiger partial charge in [-0.1, -0.05) is 48.5 Å². The van der Waals surface area contributed by atoms with E-state index in [0.717, 1.165) is 32.1 Å². The van der Waals surface area contributed by atoms with Gasteiger partial charge in [0.25, 0.3) is 0 Å². The Morgan fingerprint density at radius 3 is 2.50 bits per heavy atom. The third-order valence-corrected chi connectivity index (χ3v) is 8.49. The molecule has 28 heavy (non-hydrogen) atoms. The van der Waals surface area contributed by atoms with Crippen LogP contribution in [0.5, 0.6) is 0 Å². The van der Waals surface area contributed by atoms with Crippen LogP contribution in [0, 0.1) is 5.92 Å². The van der Waals surface area contributed by atoms with E-state index < -0.39 is 10.0 Å². The zero-order valence-corrected chi connectivity index (χ0v) is 18.6. The Morgan fingerprint density at radius 2 is 1.82 bits per heavy atom. The quantitative estimate of drug-likeness (QED) is 0.675. The van der Waals surface area contributed by atoms with Crippen LogP contribution in [0.15, 0.2) is 18.2 Å². The van der Waals surface area contributed by atoms with Gasteiger partial charge in [0.2, 0.25) is 15.9 Å². The molecule has 1 atom stereocenters. The van der Waals surface area contributed by atoms with Crippen LogP contribution in [0.3, 0.4) is 0 Å². The average molecular weight is 447 g/mol. The Kier molecular flexibility index (Phi) is 7.29. The summed E-state index contributed by atoms with van der Waals surface area (Å²) in [6.45, 7) is 0.722. The van der Waals surface area contributed by atoms with Gasteiger partial charge in [-0.3, -0.25) is 4.79 Å². The lowest BCUT2D eigenvalue weighted by molar-refractivity contribution is -0.138. The molecule has 8 heteroatoms. The van der Waals surface area contributed by atoms with E-state index >= 15 is 0 Å². The first-order valence-corrected chi connectivity index (χ1v) is 12.3. The number of nitrogens with zero attached hydrogens (tertiary/aromatic N) is 2. The lowest BCUT2D eigenvalue weighted by atomic mass is 9.92. The summed E-state index contributed by atoms with van der Waals surface area (Å²) in [5.41, 5.74) is 0.599.